The van der Waals surface area contributed by atoms with E-state index in [1.54, 1.807) is 24.3 Å². The Labute approximate surface area is 237 Å². The van der Waals surface area contributed by atoms with Gasteiger partial charge in [-0.3, -0.25) is 4.79 Å². The molecule has 0 radical (unpaired) electrons. The van der Waals surface area contributed by atoms with Gasteiger partial charge < -0.3 is 9.64 Å². The first kappa shape index (κ1) is 28.8. The van der Waals surface area contributed by atoms with Gasteiger partial charge in [0.25, 0.3) is 5.91 Å². The summed E-state index contributed by atoms with van der Waals surface area (Å²) < 4.78 is 64.8. The van der Waals surface area contributed by atoms with Gasteiger partial charge in [-0.25, -0.2) is 17.6 Å². The molecular formula is C32H33F4N3O2. The molecule has 1 atom stereocenters. The molecule has 9 heteroatoms. The van der Waals surface area contributed by atoms with Crippen molar-refractivity contribution in [2.24, 2.45) is 5.10 Å². The average molecular weight is 568 g/mol. The van der Waals surface area contributed by atoms with Crippen molar-refractivity contribution in [3.05, 3.63) is 107 Å². The molecule has 3 aromatic carbocycles. The number of hydrazone groups is 1. The zero-order valence-electron chi connectivity index (χ0n) is 23.2. The van der Waals surface area contributed by atoms with Gasteiger partial charge in [0.15, 0.2) is 0 Å². The summed E-state index contributed by atoms with van der Waals surface area (Å²) in [5.74, 6) is -3.87. The molecule has 216 valence electrons. The van der Waals surface area contributed by atoms with Crippen molar-refractivity contribution in [1.82, 2.24) is 9.91 Å². The lowest BCUT2D eigenvalue weighted by atomic mass is 9.82. The quantitative estimate of drug-likeness (QED) is 0.280. The standard InChI is InChI=1S/C32H33F4N3O2/c1-31(2,26-21-24(34)13-15-28(26)36)30(40)39-32(22-10-5-3-6-11-22,16-9-19-38-17-7-4-8-18-38)41-29(37-39)25-20-23(33)12-14-27(25)35/h3,5-6,10-15,20-21H,4,7-9,16-19H2,1-2H3. The summed E-state index contributed by atoms with van der Waals surface area (Å²) in [7, 11) is 0. The molecule has 1 unspecified atom stereocenters. The number of amides is 1. The van der Waals surface area contributed by atoms with E-state index in [0.29, 0.717) is 12.0 Å². The largest absolute Gasteiger partial charge is 0.443 e. The summed E-state index contributed by atoms with van der Waals surface area (Å²) in [6.45, 7) is 5.65. The van der Waals surface area contributed by atoms with Crippen LogP contribution in [0.25, 0.3) is 0 Å². The number of rotatable bonds is 8. The second kappa shape index (κ2) is 11.6. The van der Waals surface area contributed by atoms with Gasteiger partial charge in [0.05, 0.1) is 11.0 Å². The molecule has 1 fully saturated rings. The lowest BCUT2D eigenvalue weighted by Crippen LogP contribution is -2.51. The number of carbonyl (C=O) groups is 1. The van der Waals surface area contributed by atoms with Crippen molar-refractivity contribution in [2.45, 2.75) is 57.1 Å². The van der Waals surface area contributed by atoms with Crippen LogP contribution < -0.4 is 0 Å². The zero-order chi connectivity index (χ0) is 29.2. The van der Waals surface area contributed by atoms with Crippen LogP contribution in [0.5, 0.6) is 0 Å². The fraction of sp³-hybridized carbons (Fsp3) is 0.375. The van der Waals surface area contributed by atoms with Crippen LogP contribution in [0.1, 0.15) is 62.6 Å². The van der Waals surface area contributed by atoms with E-state index in [1.807, 2.05) is 6.07 Å². The Kier molecular flexibility index (Phi) is 8.18. The smallest absolute Gasteiger partial charge is 0.256 e. The number of likely N-dealkylation sites (tertiary alicyclic amines) is 1. The molecule has 0 aliphatic carbocycles. The van der Waals surface area contributed by atoms with E-state index in [9.17, 15) is 22.4 Å². The van der Waals surface area contributed by atoms with Crippen LogP contribution in [0, 0.1) is 23.3 Å². The van der Waals surface area contributed by atoms with E-state index >= 15 is 0 Å². The van der Waals surface area contributed by atoms with Crippen LogP contribution in [0.4, 0.5) is 17.6 Å². The first-order valence-electron chi connectivity index (χ1n) is 13.9. The maximum Gasteiger partial charge on any atom is 0.256 e. The normalized spacial score (nSPS) is 19.7. The Bertz CT molecular complexity index is 1440. The summed E-state index contributed by atoms with van der Waals surface area (Å²) in [4.78, 5) is 16.7. The lowest BCUT2D eigenvalue weighted by Gasteiger charge is -2.39. The minimum absolute atomic E-state index is 0.154. The van der Waals surface area contributed by atoms with Crippen LogP contribution in [0.2, 0.25) is 0 Å². The number of benzene rings is 3. The highest BCUT2D eigenvalue weighted by Gasteiger charge is 2.53. The third-order valence-electron chi connectivity index (χ3n) is 7.95. The molecule has 5 rings (SSSR count). The predicted molar refractivity (Wildman–Crippen MR) is 148 cm³/mol. The van der Waals surface area contributed by atoms with Crippen LogP contribution in [-0.4, -0.2) is 41.3 Å². The van der Waals surface area contributed by atoms with Crippen molar-refractivity contribution in [3.63, 3.8) is 0 Å². The van der Waals surface area contributed by atoms with Gasteiger partial charge in [0.1, 0.15) is 23.3 Å². The van der Waals surface area contributed by atoms with E-state index in [0.717, 1.165) is 73.9 Å². The van der Waals surface area contributed by atoms with Gasteiger partial charge in [-0.2, -0.15) is 5.01 Å². The molecule has 2 aliphatic rings. The Morgan fingerprint density at radius 1 is 0.902 bits per heavy atom. The molecule has 2 aliphatic heterocycles. The topological polar surface area (TPSA) is 45.1 Å². The number of hydrogen-bond acceptors (Lipinski definition) is 4. The highest BCUT2D eigenvalue weighted by atomic mass is 19.1. The fourth-order valence-corrected chi connectivity index (χ4v) is 5.64. The number of piperidine rings is 1. The summed E-state index contributed by atoms with van der Waals surface area (Å²) in [5.41, 5.74) is -2.96. The van der Waals surface area contributed by atoms with Crippen molar-refractivity contribution in [1.29, 1.82) is 0 Å². The van der Waals surface area contributed by atoms with E-state index in [2.05, 4.69) is 10.0 Å². The number of ether oxygens (including phenoxy) is 1. The van der Waals surface area contributed by atoms with Crippen molar-refractivity contribution < 1.29 is 27.1 Å². The third-order valence-corrected chi connectivity index (χ3v) is 7.95. The number of nitrogens with zero attached hydrogens (tertiary/aromatic N) is 3. The van der Waals surface area contributed by atoms with Crippen molar-refractivity contribution >= 4 is 11.8 Å². The van der Waals surface area contributed by atoms with Crippen molar-refractivity contribution in [2.75, 3.05) is 19.6 Å². The van der Waals surface area contributed by atoms with Crippen LogP contribution in [-0.2, 0) is 20.7 Å². The fourth-order valence-electron chi connectivity index (χ4n) is 5.64. The van der Waals surface area contributed by atoms with Gasteiger partial charge in [-0.15, -0.1) is 5.10 Å². The van der Waals surface area contributed by atoms with Gasteiger partial charge in [0, 0.05) is 17.5 Å². The summed E-state index contributed by atoms with van der Waals surface area (Å²) in [6, 6.07) is 14.8. The highest BCUT2D eigenvalue weighted by Crippen LogP contribution is 2.44. The molecule has 0 saturated carbocycles. The molecule has 0 N–H and O–H groups in total. The maximum atomic E-state index is 15.0. The van der Waals surface area contributed by atoms with E-state index in [1.165, 1.54) is 20.3 Å². The predicted octanol–water partition coefficient (Wildman–Crippen LogP) is 6.86. The molecule has 2 heterocycles. The molecule has 0 spiro atoms. The Morgan fingerprint density at radius 3 is 2.27 bits per heavy atom. The lowest BCUT2D eigenvalue weighted by molar-refractivity contribution is -0.158. The van der Waals surface area contributed by atoms with Gasteiger partial charge in [-0.05, 0) is 89.1 Å². The molecule has 41 heavy (non-hydrogen) atoms. The third kappa shape index (κ3) is 5.73. The van der Waals surface area contributed by atoms with E-state index in [4.69, 9.17) is 4.74 Å². The average Bonchev–Trinajstić information content (AvgIpc) is 3.36. The first-order chi connectivity index (χ1) is 19.6. The SMILES string of the molecule is CC(C)(C(=O)N1N=C(c2cc(F)ccc2F)OC1(CCCN1CCCCC1)c1ccccc1)c1cc(F)ccc1F. The Hall–Kier alpha value is -3.72. The van der Waals surface area contributed by atoms with E-state index in [-0.39, 0.29) is 23.4 Å². The monoisotopic (exact) mass is 567 g/mol. The summed E-state index contributed by atoms with van der Waals surface area (Å²) >= 11 is 0. The number of hydrogen-bond donors (Lipinski definition) is 0. The van der Waals surface area contributed by atoms with Gasteiger partial charge in [0.2, 0.25) is 11.6 Å². The minimum Gasteiger partial charge on any atom is -0.443 e. The van der Waals surface area contributed by atoms with Gasteiger partial charge in [-0.1, -0.05) is 36.8 Å². The molecular weight excluding hydrogens is 534 g/mol. The molecule has 1 saturated heterocycles. The maximum absolute atomic E-state index is 15.0. The Balaban J connectivity index is 1.60. The zero-order valence-corrected chi connectivity index (χ0v) is 23.2. The van der Waals surface area contributed by atoms with Crippen molar-refractivity contribution in [3.8, 4) is 0 Å². The second-order valence-electron chi connectivity index (χ2n) is 11.2. The summed E-state index contributed by atoms with van der Waals surface area (Å²) in [6.07, 6.45) is 4.29. The van der Waals surface area contributed by atoms with Gasteiger partial charge >= 0.3 is 0 Å². The molecule has 1 amide bonds. The molecule has 5 nitrogen and oxygen atoms in total. The number of carbonyl (C=O) groups excluding carboxylic acids is 1. The Morgan fingerprint density at radius 2 is 1.56 bits per heavy atom. The molecule has 3 aromatic rings. The van der Waals surface area contributed by atoms with Crippen LogP contribution in [0.15, 0.2) is 71.8 Å². The number of halogens is 4. The molecule has 0 bridgehead atoms. The first-order valence-corrected chi connectivity index (χ1v) is 13.9. The minimum atomic E-state index is -1.60. The van der Waals surface area contributed by atoms with Crippen LogP contribution >= 0.6 is 0 Å². The summed E-state index contributed by atoms with van der Waals surface area (Å²) in [5, 5.41) is 5.55. The highest BCUT2D eigenvalue weighted by molar-refractivity contribution is 5.98. The molecule has 0 aromatic heterocycles. The second-order valence-corrected chi connectivity index (χ2v) is 11.2. The van der Waals surface area contributed by atoms with E-state index < -0.39 is 40.3 Å². The van der Waals surface area contributed by atoms with Crippen LogP contribution in [0.3, 0.4) is 0 Å².